The Morgan fingerprint density at radius 2 is 2.05 bits per heavy atom. The molecule has 0 saturated carbocycles. The molecule has 21 heavy (non-hydrogen) atoms. The van der Waals surface area contributed by atoms with Crippen LogP contribution in [-0.4, -0.2) is 26.0 Å². The summed E-state index contributed by atoms with van der Waals surface area (Å²) in [7, 11) is -3.62. The van der Waals surface area contributed by atoms with Gasteiger partial charge in [-0.3, -0.25) is 4.79 Å². The average molecular weight is 327 g/mol. The van der Waals surface area contributed by atoms with Crippen molar-refractivity contribution in [3.63, 3.8) is 0 Å². The molecule has 2 aromatic rings. The van der Waals surface area contributed by atoms with Crippen molar-refractivity contribution in [2.75, 3.05) is 6.54 Å². The number of rotatable bonds is 6. The largest absolute Gasteiger partial charge is 0.481 e. The number of aryl methyl sites for hydroxylation is 2. The van der Waals surface area contributed by atoms with Gasteiger partial charge in [-0.05, 0) is 25.8 Å². The van der Waals surface area contributed by atoms with Crippen molar-refractivity contribution >= 4 is 37.4 Å². The summed E-state index contributed by atoms with van der Waals surface area (Å²) in [4.78, 5) is 11.5. The van der Waals surface area contributed by atoms with Crippen molar-refractivity contribution in [1.29, 1.82) is 0 Å². The molecule has 2 N–H and O–H groups in total. The zero-order valence-corrected chi connectivity index (χ0v) is 13.5. The maximum atomic E-state index is 12.4. The van der Waals surface area contributed by atoms with Crippen molar-refractivity contribution in [3.05, 3.63) is 28.6 Å². The van der Waals surface area contributed by atoms with Gasteiger partial charge in [0.1, 0.15) is 4.90 Å². The lowest BCUT2D eigenvalue weighted by atomic mass is 10.2. The van der Waals surface area contributed by atoms with E-state index in [2.05, 4.69) is 4.72 Å². The van der Waals surface area contributed by atoms with Gasteiger partial charge in [-0.2, -0.15) is 0 Å². The lowest BCUT2D eigenvalue weighted by molar-refractivity contribution is -0.137. The van der Waals surface area contributed by atoms with Gasteiger partial charge in [-0.15, -0.1) is 11.3 Å². The Morgan fingerprint density at radius 3 is 2.71 bits per heavy atom. The molecule has 0 fully saturated rings. The van der Waals surface area contributed by atoms with Gasteiger partial charge in [0.2, 0.25) is 10.0 Å². The molecule has 1 aromatic heterocycles. The lowest BCUT2D eigenvalue weighted by Gasteiger charge is -2.06. The minimum absolute atomic E-state index is 0.0506. The molecule has 1 aromatic carbocycles. The number of benzene rings is 1. The highest BCUT2D eigenvalue weighted by Crippen LogP contribution is 2.35. The first-order valence-corrected chi connectivity index (χ1v) is 8.83. The number of aliphatic carboxylic acids is 1. The van der Waals surface area contributed by atoms with Gasteiger partial charge < -0.3 is 5.11 Å². The summed E-state index contributed by atoms with van der Waals surface area (Å²) in [5.41, 5.74) is 1.05. The first kappa shape index (κ1) is 15.9. The van der Waals surface area contributed by atoms with E-state index in [0.29, 0.717) is 4.90 Å². The third kappa shape index (κ3) is 3.42. The van der Waals surface area contributed by atoms with E-state index in [-0.39, 0.29) is 19.4 Å². The van der Waals surface area contributed by atoms with E-state index in [1.54, 1.807) is 13.0 Å². The topological polar surface area (TPSA) is 83.5 Å². The molecule has 114 valence electrons. The Balaban J connectivity index is 2.30. The second kappa shape index (κ2) is 6.13. The molecule has 1 heterocycles. The van der Waals surface area contributed by atoms with Crippen LogP contribution in [0.5, 0.6) is 0 Å². The molecule has 0 aliphatic rings. The minimum Gasteiger partial charge on any atom is -0.481 e. The van der Waals surface area contributed by atoms with Crippen LogP contribution >= 0.6 is 11.3 Å². The number of carbonyl (C=O) groups is 1. The number of carboxylic acid groups (broad SMARTS) is 1. The number of thiophene rings is 1. The van der Waals surface area contributed by atoms with Crippen molar-refractivity contribution in [3.8, 4) is 0 Å². The van der Waals surface area contributed by atoms with Crippen LogP contribution in [0.25, 0.3) is 10.1 Å². The molecule has 0 bridgehead atoms. The normalized spacial score (nSPS) is 11.9. The molecular formula is C14H17NO4S2. The van der Waals surface area contributed by atoms with Crippen LogP contribution < -0.4 is 4.72 Å². The summed E-state index contributed by atoms with van der Waals surface area (Å²) < 4.78 is 28.3. The average Bonchev–Trinajstić information content (AvgIpc) is 2.73. The van der Waals surface area contributed by atoms with Crippen LogP contribution in [0.15, 0.2) is 23.1 Å². The van der Waals surface area contributed by atoms with E-state index in [1.807, 2.05) is 19.1 Å². The molecule has 0 aliphatic carbocycles. The van der Waals surface area contributed by atoms with E-state index in [0.717, 1.165) is 20.5 Å². The standard InChI is InChI=1S/C14H17NO4S2/c1-9-5-3-6-11-13(9)20-10(2)14(11)21(18,19)15-8-4-7-12(16)17/h3,5-6,15H,4,7-8H2,1-2H3,(H,16,17). The van der Waals surface area contributed by atoms with Gasteiger partial charge in [0.25, 0.3) is 0 Å². The predicted molar refractivity (Wildman–Crippen MR) is 83.4 cm³/mol. The Bertz CT molecular complexity index is 778. The summed E-state index contributed by atoms with van der Waals surface area (Å²) in [6.45, 7) is 3.86. The van der Waals surface area contributed by atoms with Gasteiger partial charge >= 0.3 is 5.97 Å². The maximum Gasteiger partial charge on any atom is 0.303 e. The summed E-state index contributed by atoms with van der Waals surface area (Å²) in [5, 5.41) is 9.29. The zero-order chi connectivity index (χ0) is 15.6. The Kier molecular flexibility index (Phi) is 4.65. The highest BCUT2D eigenvalue weighted by molar-refractivity contribution is 7.90. The number of nitrogens with one attached hydrogen (secondary N) is 1. The van der Waals surface area contributed by atoms with Gasteiger partial charge in [-0.1, -0.05) is 18.2 Å². The van der Waals surface area contributed by atoms with Crippen LogP contribution in [-0.2, 0) is 14.8 Å². The molecule has 0 saturated heterocycles. The summed E-state index contributed by atoms with van der Waals surface area (Å²) >= 11 is 1.46. The minimum atomic E-state index is -3.62. The van der Waals surface area contributed by atoms with Gasteiger partial charge in [-0.25, -0.2) is 13.1 Å². The molecule has 0 aliphatic heterocycles. The number of hydrogen-bond acceptors (Lipinski definition) is 4. The van der Waals surface area contributed by atoms with E-state index >= 15 is 0 Å². The van der Waals surface area contributed by atoms with Crippen LogP contribution in [0.4, 0.5) is 0 Å². The first-order chi connectivity index (χ1) is 9.83. The number of hydrogen-bond donors (Lipinski definition) is 2. The fourth-order valence-electron chi connectivity index (χ4n) is 2.21. The van der Waals surface area contributed by atoms with Crippen molar-refractivity contribution < 1.29 is 18.3 Å². The van der Waals surface area contributed by atoms with Crippen LogP contribution in [0.2, 0.25) is 0 Å². The molecule has 2 rings (SSSR count). The van der Waals surface area contributed by atoms with Crippen molar-refractivity contribution in [2.45, 2.75) is 31.6 Å². The highest BCUT2D eigenvalue weighted by atomic mass is 32.2. The number of carboxylic acids is 1. The molecule has 0 spiro atoms. The number of fused-ring (bicyclic) bond motifs is 1. The quantitative estimate of drug-likeness (QED) is 0.799. The van der Waals surface area contributed by atoms with E-state index < -0.39 is 16.0 Å². The molecular weight excluding hydrogens is 310 g/mol. The molecule has 7 heteroatoms. The Morgan fingerprint density at radius 1 is 1.33 bits per heavy atom. The third-order valence-electron chi connectivity index (χ3n) is 3.16. The lowest BCUT2D eigenvalue weighted by Crippen LogP contribution is -2.25. The molecule has 5 nitrogen and oxygen atoms in total. The highest BCUT2D eigenvalue weighted by Gasteiger charge is 2.22. The zero-order valence-electron chi connectivity index (χ0n) is 11.8. The van der Waals surface area contributed by atoms with Crippen LogP contribution in [0.1, 0.15) is 23.3 Å². The fourth-order valence-corrected chi connectivity index (χ4v) is 5.14. The maximum absolute atomic E-state index is 12.4. The summed E-state index contributed by atoms with van der Waals surface area (Å²) in [6.07, 6.45) is 0.222. The predicted octanol–water partition coefficient (Wildman–Crippen LogP) is 2.66. The Hall–Kier alpha value is -1.44. The van der Waals surface area contributed by atoms with E-state index in [1.165, 1.54) is 11.3 Å². The second-order valence-corrected chi connectivity index (χ2v) is 7.76. The SMILES string of the molecule is Cc1sc2c(C)cccc2c1S(=O)(=O)NCCCC(=O)O. The second-order valence-electron chi connectivity index (χ2n) is 4.83. The molecule has 0 radical (unpaired) electrons. The first-order valence-electron chi connectivity index (χ1n) is 6.53. The summed E-state index contributed by atoms with van der Waals surface area (Å²) in [6, 6.07) is 5.60. The van der Waals surface area contributed by atoms with Crippen LogP contribution in [0.3, 0.4) is 0 Å². The molecule has 0 amide bonds. The van der Waals surface area contributed by atoms with E-state index in [4.69, 9.17) is 5.11 Å². The van der Waals surface area contributed by atoms with Crippen molar-refractivity contribution in [2.24, 2.45) is 0 Å². The smallest absolute Gasteiger partial charge is 0.303 e. The van der Waals surface area contributed by atoms with Gasteiger partial charge in [0, 0.05) is 27.9 Å². The van der Waals surface area contributed by atoms with Crippen molar-refractivity contribution in [1.82, 2.24) is 4.72 Å². The fraction of sp³-hybridized carbons (Fsp3) is 0.357. The Labute approximate surface area is 127 Å². The molecule has 0 atom stereocenters. The van der Waals surface area contributed by atoms with Gasteiger partial charge in [0.15, 0.2) is 0 Å². The number of sulfonamides is 1. The summed E-state index contributed by atoms with van der Waals surface area (Å²) in [5.74, 6) is -0.929. The van der Waals surface area contributed by atoms with Gasteiger partial charge in [0.05, 0.1) is 0 Å². The molecule has 0 unspecified atom stereocenters. The van der Waals surface area contributed by atoms with E-state index in [9.17, 15) is 13.2 Å². The third-order valence-corrected chi connectivity index (χ3v) is 6.19. The monoisotopic (exact) mass is 327 g/mol. The van der Waals surface area contributed by atoms with Crippen LogP contribution in [0, 0.1) is 13.8 Å².